The van der Waals surface area contributed by atoms with Gasteiger partial charge in [-0.1, -0.05) is 165 Å². The number of ether oxygens (including phenoxy) is 6. The van der Waals surface area contributed by atoms with Crippen molar-refractivity contribution in [2.75, 3.05) is 33.0 Å². The van der Waals surface area contributed by atoms with E-state index < -0.39 is 80.7 Å². The first-order chi connectivity index (χ1) is 34.1. The zero-order valence-electron chi connectivity index (χ0n) is 43.5. The summed E-state index contributed by atoms with van der Waals surface area (Å²) < 4.78 is 34.3. The molecule has 2 aliphatic heterocycles. The van der Waals surface area contributed by atoms with Crippen LogP contribution in [-0.4, -0.2) is 142 Å². The van der Waals surface area contributed by atoms with E-state index in [4.69, 9.17) is 28.4 Å². The third-order valence-electron chi connectivity index (χ3n) is 13.1. The van der Waals surface area contributed by atoms with Crippen LogP contribution in [0, 0.1) is 0 Å². The molecule has 0 aliphatic carbocycles. The van der Waals surface area contributed by atoms with E-state index in [1.807, 2.05) is 0 Å². The van der Waals surface area contributed by atoms with Gasteiger partial charge < -0.3 is 64.2 Å². The fraction of sp³-hybridized carbons (Fsp3) is 0.839. The summed E-state index contributed by atoms with van der Waals surface area (Å²) in [5.41, 5.74) is 0. The molecule has 0 spiro atoms. The second-order valence-corrected chi connectivity index (χ2v) is 19.4. The minimum Gasteiger partial charge on any atom is -0.457 e. The van der Waals surface area contributed by atoms with Gasteiger partial charge >= 0.3 is 5.97 Å². The van der Waals surface area contributed by atoms with E-state index >= 15 is 0 Å². The van der Waals surface area contributed by atoms with Gasteiger partial charge in [0.25, 0.3) is 0 Å². The zero-order valence-corrected chi connectivity index (χ0v) is 43.5. The predicted molar refractivity (Wildman–Crippen MR) is 275 cm³/mol. The number of allylic oxidation sites excluding steroid dienone is 8. The number of unbranched alkanes of at least 4 members (excludes halogenated alkanes) is 22. The number of hydrogen-bond acceptors (Lipinski definition) is 14. The van der Waals surface area contributed by atoms with Gasteiger partial charge in [0.05, 0.1) is 26.4 Å². The van der Waals surface area contributed by atoms with E-state index in [1.165, 1.54) is 103 Å². The minimum absolute atomic E-state index is 0.0522. The lowest BCUT2D eigenvalue weighted by Crippen LogP contribution is -2.61. The number of aliphatic hydroxyl groups excluding tert-OH is 7. The summed E-state index contributed by atoms with van der Waals surface area (Å²) in [6, 6.07) is 0. The first kappa shape index (κ1) is 64.1. The van der Waals surface area contributed by atoms with Crippen LogP contribution in [0.2, 0.25) is 0 Å². The monoisotopic (exact) mass is 997 g/mol. The van der Waals surface area contributed by atoms with Crippen LogP contribution in [0.25, 0.3) is 0 Å². The van der Waals surface area contributed by atoms with Gasteiger partial charge in [-0.25, -0.2) is 0 Å². The summed E-state index contributed by atoms with van der Waals surface area (Å²) in [6.07, 6.45) is 34.5. The lowest BCUT2D eigenvalue weighted by molar-refractivity contribution is -0.332. The third kappa shape index (κ3) is 30.2. The van der Waals surface area contributed by atoms with Crippen molar-refractivity contribution < 1.29 is 69.0 Å². The molecule has 14 nitrogen and oxygen atoms in total. The molecular formula is C56H100O14. The minimum atomic E-state index is -1.71. The molecule has 0 bridgehead atoms. The summed E-state index contributed by atoms with van der Waals surface area (Å²) in [4.78, 5) is 13.0. The van der Waals surface area contributed by atoms with Gasteiger partial charge in [0.15, 0.2) is 12.6 Å². The number of hydrogen-bond donors (Lipinski definition) is 7. The van der Waals surface area contributed by atoms with Crippen molar-refractivity contribution in [3.63, 3.8) is 0 Å². The summed E-state index contributed by atoms with van der Waals surface area (Å²) in [7, 11) is 0. The topological polar surface area (TPSA) is 214 Å². The number of aliphatic hydroxyl groups is 7. The Morgan fingerprint density at radius 2 is 0.886 bits per heavy atom. The van der Waals surface area contributed by atoms with E-state index in [0.717, 1.165) is 70.6 Å². The molecule has 2 rings (SSSR count). The van der Waals surface area contributed by atoms with Gasteiger partial charge in [0, 0.05) is 13.0 Å². The Balaban J connectivity index is 1.75. The Morgan fingerprint density at radius 3 is 1.40 bits per heavy atom. The quantitative estimate of drug-likeness (QED) is 0.0172. The molecule has 70 heavy (non-hydrogen) atoms. The predicted octanol–water partition coefficient (Wildman–Crippen LogP) is 9.13. The SMILES string of the molecule is CCCCC/C=C\C/C=C\CCCCCCCCCCCC(=O)OC(COCCCCCCCC/C=C\C/C=C\CCCCCC)COC1OC(COC2OC(CO)C(O)C(O)C2O)C(O)C(O)C1O. The zero-order chi connectivity index (χ0) is 50.9. The van der Waals surface area contributed by atoms with Crippen molar-refractivity contribution in [2.45, 2.75) is 268 Å². The van der Waals surface area contributed by atoms with Gasteiger partial charge in [-0.15, -0.1) is 0 Å². The smallest absolute Gasteiger partial charge is 0.306 e. The van der Waals surface area contributed by atoms with Crippen LogP contribution in [0.3, 0.4) is 0 Å². The van der Waals surface area contributed by atoms with Gasteiger partial charge in [0.2, 0.25) is 0 Å². The van der Waals surface area contributed by atoms with Crippen LogP contribution < -0.4 is 0 Å². The van der Waals surface area contributed by atoms with Crippen LogP contribution in [0.5, 0.6) is 0 Å². The summed E-state index contributed by atoms with van der Waals surface area (Å²) >= 11 is 0. The highest BCUT2D eigenvalue weighted by Crippen LogP contribution is 2.26. The molecule has 2 saturated heterocycles. The number of rotatable bonds is 44. The molecule has 0 aromatic carbocycles. The van der Waals surface area contributed by atoms with E-state index in [-0.39, 0.29) is 25.6 Å². The second kappa shape index (κ2) is 43.4. The van der Waals surface area contributed by atoms with Crippen LogP contribution in [-0.2, 0) is 33.2 Å². The molecule has 0 radical (unpaired) electrons. The Kier molecular flexibility index (Phi) is 39.7. The maximum atomic E-state index is 13.0. The fourth-order valence-corrected chi connectivity index (χ4v) is 8.52. The van der Waals surface area contributed by atoms with Crippen molar-refractivity contribution in [1.29, 1.82) is 0 Å². The number of esters is 1. The van der Waals surface area contributed by atoms with Crippen LogP contribution in [0.15, 0.2) is 48.6 Å². The first-order valence-corrected chi connectivity index (χ1v) is 27.7. The molecule has 2 aliphatic rings. The number of carbonyl (C=O) groups excluding carboxylic acids is 1. The maximum Gasteiger partial charge on any atom is 0.306 e. The van der Waals surface area contributed by atoms with Crippen LogP contribution in [0.4, 0.5) is 0 Å². The van der Waals surface area contributed by atoms with Gasteiger partial charge in [-0.3, -0.25) is 4.79 Å². The molecule has 11 unspecified atom stereocenters. The average Bonchev–Trinajstić information content (AvgIpc) is 3.36. The standard InChI is InChI=1S/C56H100O14/c1-3-5-7-9-11-13-15-17-19-21-22-23-25-27-29-31-33-35-37-39-48(58)68-45(42-65-40-38-36-34-32-30-28-26-24-20-18-16-14-12-10-8-6-4-2)43-66-55-54(64)52(62)50(60)47(70-55)44-67-56-53(63)51(61)49(59)46(41-57)69-56/h11,13-14,16-17,19-20,24,45-47,49-57,59-64H,3-10,12,15,18,21-23,25-44H2,1-2H3/b13-11-,16-14-,19-17-,24-20-. The van der Waals surface area contributed by atoms with Crippen molar-refractivity contribution in [3.8, 4) is 0 Å². The molecule has 0 amide bonds. The van der Waals surface area contributed by atoms with E-state index in [0.29, 0.717) is 13.0 Å². The molecule has 408 valence electrons. The molecule has 7 N–H and O–H groups in total. The first-order valence-electron chi connectivity index (χ1n) is 27.7. The molecule has 2 heterocycles. The average molecular weight is 997 g/mol. The largest absolute Gasteiger partial charge is 0.457 e. The van der Waals surface area contributed by atoms with Gasteiger partial charge in [0.1, 0.15) is 54.9 Å². The fourth-order valence-electron chi connectivity index (χ4n) is 8.52. The van der Waals surface area contributed by atoms with Crippen LogP contribution >= 0.6 is 0 Å². The van der Waals surface area contributed by atoms with Crippen molar-refractivity contribution in [2.24, 2.45) is 0 Å². The summed E-state index contributed by atoms with van der Waals surface area (Å²) in [6.45, 7) is 3.63. The van der Waals surface area contributed by atoms with E-state index in [2.05, 4.69) is 62.5 Å². The lowest BCUT2D eigenvalue weighted by Gasteiger charge is -2.42. The van der Waals surface area contributed by atoms with E-state index in [9.17, 15) is 40.5 Å². The second-order valence-electron chi connectivity index (χ2n) is 19.4. The highest BCUT2D eigenvalue weighted by molar-refractivity contribution is 5.69. The Labute approximate surface area is 422 Å². The molecule has 14 heteroatoms. The Hall–Kier alpha value is -2.05. The van der Waals surface area contributed by atoms with Gasteiger partial charge in [-0.2, -0.15) is 0 Å². The Morgan fingerprint density at radius 1 is 0.471 bits per heavy atom. The highest BCUT2D eigenvalue weighted by atomic mass is 16.7. The Bertz CT molecular complexity index is 1340. The molecule has 0 aromatic heterocycles. The highest BCUT2D eigenvalue weighted by Gasteiger charge is 2.47. The summed E-state index contributed by atoms with van der Waals surface area (Å²) in [5, 5.41) is 72.2. The van der Waals surface area contributed by atoms with Crippen molar-refractivity contribution in [3.05, 3.63) is 48.6 Å². The number of carbonyl (C=O) groups is 1. The lowest BCUT2D eigenvalue weighted by atomic mass is 9.98. The molecule has 2 fully saturated rings. The molecule has 0 aromatic rings. The molecular weight excluding hydrogens is 897 g/mol. The van der Waals surface area contributed by atoms with E-state index in [1.54, 1.807) is 0 Å². The normalized spacial score (nSPS) is 25.8. The molecule has 11 atom stereocenters. The molecule has 0 saturated carbocycles. The van der Waals surface area contributed by atoms with Gasteiger partial charge in [-0.05, 0) is 77.0 Å². The summed E-state index contributed by atoms with van der Waals surface area (Å²) in [5.74, 6) is -0.385. The third-order valence-corrected chi connectivity index (χ3v) is 13.1. The van der Waals surface area contributed by atoms with Crippen molar-refractivity contribution in [1.82, 2.24) is 0 Å². The maximum absolute atomic E-state index is 13.0. The van der Waals surface area contributed by atoms with Crippen LogP contribution in [0.1, 0.15) is 200 Å². The van der Waals surface area contributed by atoms with Crippen molar-refractivity contribution >= 4 is 5.97 Å².